The molecule has 0 bridgehead atoms. The second kappa shape index (κ2) is 11.8. The zero-order valence-corrected chi connectivity index (χ0v) is 19.4. The Morgan fingerprint density at radius 2 is 1.71 bits per heavy atom. The molecule has 0 atom stereocenters. The number of hydrogen-bond donors (Lipinski definition) is 0. The molecule has 7 heteroatoms. The third kappa shape index (κ3) is 6.90. The smallest absolute Gasteiger partial charge is 0.310 e. The maximum Gasteiger partial charge on any atom is 0.310 e. The van der Waals surface area contributed by atoms with Crippen molar-refractivity contribution in [1.29, 1.82) is 0 Å². The van der Waals surface area contributed by atoms with Crippen LogP contribution in [-0.4, -0.2) is 67.4 Å². The fourth-order valence-electron chi connectivity index (χ4n) is 4.37. The number of ether oxygens (including phenoxy) is 2. The lowest BCUT2D eigenvalue weighted by molar-refractivity contribution is -0.145. The minimum absolute atomic E-state index is 0.0554. The van der Waals surface area contributed by atoms with Gasteiger partial charge in [-0.15, -0.1) is 0 Å². The molecule has 2 fully saturated rings. The molecule has 7 nitrogen and oxygen atoms in total. The van der Waals surface area contributed by atoms with E-state index in [2.05, 4.69) is 29.2 Å². The largest absolute Gasteiger partial charge is 0.484 e. The zero-order valence-electron chi connectivity index (χ0n) is 19.4. The van der Waals surface area contributed by atoms with Gasteiger partial charge in [0.1, 0.15) is 12.0 Å². The minimum Gasteiger partial charge on any atom is -0.484 e. The summed E-state index contributed by atoms with van der Waals surface area (Å²) in [6.07, 6.45) is 3.11. The van der Waals surface area contributed by atoms with Gasteiger partial charge >= 0.3 is 5.97 Å². The predicted octanol–water partition coefficient (Wildman–Crippen LogP) is 2.72. The standard InChI is InChI=1S/C27H32N2O5/c30-18-24-16-29(17-24)26(31)20-33-25-8-4-7-23(13-25)14-27(32)34-19-22-9-11-28(12-10-22)15-21-5-2-1-3-6-21/h1-8,13,18,22,24H,9-12,14-17,19-20H2. The van der Waals surface area contributed by atoms with Gasteiger partial charge in [0.25, 0.3) is 5.91 Å². The lowest BCUT2D eigenvalue weighted by Crippen LogP contribution is -2.52. The molecule has 2 aliphatic heterocycles. The van der Waals surface area contributed by atoms with Crippen LogP contribution in [0.5, 0.6) is 5.75 Å². The third-order valence-corrected chi connectivity index (χ3v) is 6.50. The number of rotatable bonds is 10. The van der Waals surface area contributed by atoms with Crippen molar-refractivity contribution in [2.24, 2.45) is 11.8 Å². The maximum atomic E-state index is 12.4. The Balaban J connectivity index is 1.14. The molecule has 4 rings (SSSR count). The van der Waals surface area contributed by atoms with Gasteiger partial charge in [-0.3, -0.25) is 14.5 Å². The second-order valence-electron chi connectivity index (χ2n) is 9.20. The summed E-state index contributed by atoms with van der Waals surface area (Å²) in [5, 5.41) is 0. The molecule has 0 radical (unpaired) electrons. The Kier molecular flexibility index (Phi) is 8.31. The monoisotopic (exact) mass is 464 g/mol. The van der Waals surface area contributed by atoms with Gasteiger partial charge in [-0.2, -0.15) is 0 Å². The van der Waals surface area contributed by atoms with Gasteiger partial charge in [0, 0.05) is 25.6 Å². The predicted molar refractivity (Wildman–Crippen MR) is 127 cm³/mol. The van der Waals surface area contributed by atoms with Crippen LogP contribution in [0.3, 0.4) is 0 Å². The van der Waals surface area contributed by atoms with Crippen LogP contribution in [0.25, 0.3) is 0 Å². The van der Waals surface area contributed by atoms with Crippen molar-refractivity contribution >= 4 is 18.2 Å². The van der Waals surface area contributed by atoms with Crippen molar-refractivity contribution in [2.45, 2.75) is 25.8 Å². The molecule has 180 valence electrons. The van der Waals surface area contributed by atoms with Crippen molar-refractivity contribution in [3.63, 3.8) is 0 Å². The summed E-state index contributed by atoms with van der Waals surface area (Å²) < 4.78 is 11.2. The molecule has 2 aliphatic rings. The van der Waals surface area contributed by atoms with Gasteiger partial charge in [0.05, 0.1) is 13.0 Å². The van der Waals surface area contributed by atoms with Gasteiger partial charge in [-0.25, -0.2) is 0 Å². The zero-order chi connectivity index (χ0) is 23.8. The van der Waals surface area contributed by atoms with E-state index in [0.717, 1.165) is 44.3 Å². The summed E-state index contributed by atoms with van der Waals surface area (Å²) in [4.78, 5) is 39.2. The number of nitrogens with zero attached hydrogens (tertiary/aromatic N) is 2. The first-order valence-electron chi connectivity index (χ1n) is 12.0. The molecule has 0 aromatic heterocycles. The van der Waals surface area contributed by atoms with E-state index >= 15 is 0 Å². The summed E-state index contributed by atoms with van der Waals surface area (Å²) in [6, 6.07) is 17.7. The Morgan fingerprint density at radius 1 is 0.971 bits per heavy atom. The van der Waals surface area contributed by atoms with E-state index in [9.17, 15) is 14.4 Å². The van der Waals surface area contributed by atoms with Gasteiger partial charge in [-0.05, 0) is 55.1 Å². The summed E-state index contributed by atoms with van der Waals surface area (Å²) in [7, 11) is 0. The second-order valence-corrected chi connectivity index (χ2v) is 9.20. The first kappa shape index (κ1) is 24.0. The van der Waals surface area contributed by atoms with E-state index in [1.54, 1.807) is 23.1 Å². The average molecular weight is 465 g/mol. The van der Waals surface area contributed by atoms with Crippen molar-refractivity contribution in [2.75, 3.05) is 39.4 Å². The van der Waals surface area contributed by atoms with E-state index in [-0.39, 0.29) is 30.8 Å². The molecule has 2 saturated heterocycles. The number of benzene rings is 2. The first-order chi connectivity index (χ1) is 16.6. The van der Waals surface area contributed by atoms with E-state index in [0.29, 0.717) is 31.4 Å². The van der Waals surface area contributed by atoms with Crippen LogP contribution in [0.1, 0.15) is 24.0 Å². The van der Waals surface area contributed by atoms with E-state index in [1.165, 1.54) is 5.56 Å². The van der Waals surface area contributed by atoms with E-state index < -0.39 is 0 Å². The number of likely N-dealkylation sites (tertiary alicyclic amines) is 2. The van der Waals surface area contributed by atoms with Gasteiger partial charge < -0.3 is 19.2 Å². The highest BCUT2D eigenvalue weighted by Crippen LogP contribution is 2.20. The average Bonchev–Trinajstić information content (AvgIpc) is 2.83. The Labute approximate surface area is 200 Å². The minimum atomic E-state index is -0.250. The molecule has 0 unspecified atom stereocenters. The number of piperidine rings is 1. The van der Waals surface area contributed by atoms with Crippen molar-refractivity contribution in [3.8, 4) is 5.75 Å². The van der Waals surface area contributed by atoms with Crippen molar-refractivity contribution in [3.05, 3.63) is 65.7 Å². The van der Waals surface area contributed by atoms with Crippen LogP contribution in [0.4, 0.5) is 0 Å². The molecule has 2 aromatic rings. The van der Waals surface area contributed by atoms with Crippen molar-refractivity contribution in [1.82, 2.24) is 9.80 Å². The number of hydrogen-bond acceptors (Lipinski definition) is 6. The van der Waals surface area contributed by atoms with Crippen LogP contribution in [0.2, 0.25) is 0 Å². The summed E-state index contributed by atoms with van der Waals surface area (Å²) in [6.45, 7) is 4.30. The Bertz CT molecular complexity index is 966. The highest BCUT2D eigenvalue weighted by atomic mass is 16.5. The van der Waals surface area contributed by atoms with Crippen LogP contribution in [0.15, 0.2) is 54.6 Å². The molecule has 1 amide bonds. The highest BCUT2D eigenvalue weighted by molar-refractivity contribution is 5.80. The molecule has 34 heavy (non-hydrogen) atoms. The van der Waals surface area contributed by atoms with Crippen LogP contribution in [0, 0.1) is 11.8 Å². The van der Waals surface area contributed by atoms with Gasteiger partial charge in [0.15, 0.2) is 6.61 Å². The summed E-state index contributed by atoms with van der Waals surface area (Å²) in [5.41, 5.74) is 2.12. The summed E-state index contributed by atoms with van der Waals surface area (Å²) in [5.74, 6) is 0.493. The van der Waals surface area contributed by atoms with Crippen molar-refractivity contribution < 1.29 is 23.9 Å². The lowest BCUT2D eigenvalue weighted by atomic mass is 9.97. The number of carbonyl (C=O) groups is 3. The van der Waals surface area contributed by atoms with Crippen LogP contribution in [-0.2, 0) is 32.1 Å². The van der Waals surface area contributed by atoms with Crippen LogP contribution >= 0.6 is 0 Å². The number of esters is 1. The summed E-state index contributed by atoms with van der Waals surface area (Å²) >= 11 is 0. The Hall–Kier alpha value is -3.19. The van der Waals surface area contributed by atoms with Crippen LogP contribution < -0.4 is 4.74 Å². The van der Waals surface area contributed by atoms with E-state index in [1.807, 2.05) is 12.1 Å². The van der Waals surface area contributed by atoms with E-state index in [4.69, 9.17) is 9.47 Å². The highest BCUT2D eigenvalue weighted by Gasteiger charge is 2.30. The molecule has 0 aliphatic carbocycles. The fourth-order valence-corrected chi connectivity index (χ4v) is 4.37. The molecule has 0 spiro atoms. The molecular weight excluding hydrogens is 432 g/mol. The number of carbonyl (C=O) groups excluding carboxylic acids is 3. The Morgan fingerprint density at radius 3 is 2.44 bits per heavy atom. The molecular formula is C27H32N2O5. The quantitative estimate of drug-likeness (QED) is 0.398. The molecule has 2 heterocycles. The first-order valence-corrected chi connectivity index (χ1v) is 12.0. The number of amides is 1. The lowest BCUT2D eigenvalue weighted by Gasteiger charge is -2.35. The maximum absolute atomic E-state index is 12.4. The number of aldehydes is 1. The van der Waals surface area contributed by atoms with Gasteiger partial charge in [0.2, 0.25) is 0 Å². The fraction of sp³-hybridized carbons (Fsp3) is 0.444. The topological polar surface area (TPSA) is 76.1 Å². The normalized spacial score (nSPS) is 17.1. The SMILES string of the molecule is O=CC1CN(C(=O)COc2cccc(CC(=O)OCC3CCN(Cc4ccccc4)CC3)c2)C1. The van der Waals surface area contributed by atoms with Gasteiger partial charge in [-0.1, -0.05) is 42.5 Å². The molecule has 0 N–H and O–H groups in total. The third-order valence-electron chi connectivity index (χ3n) is 6.50. The molecule has 0 saturated carbocycles. The molecule has 2 aromatic carbocycles.